The zero-order chi connectivity index (χ0) is 14.8. The van der Waals surface area contributed by atoms with E-state index in [0.717, 1.165) is 5.56 Å². The molecule has 1 unspecified atom stereocenters. The van der Waals surface area contributed by atoms with E-state index in [4.69, 9.17) is 5.73 Å². The van der Waals surface area contributed by atoms with E-state index in [1.54, 1.807) is 19.1 Å². The second kappa shape index (κ2) is 5.54. The van der Waals surface area contributed by atoms with Crippen molar-refractivity contribution in [2.45, 2.75) is 25.3 Å². The molecule has 20 heavy (non-hydrogen) atoms. The highest BCUT2D eigenvalue weighted by atomic mass is 32.2. The number of benzene rings is 1. The van der Waals surface area contributed by atoms with Crippen LogP contribution < -0.4 is 11.1 Å². The van der Waals surface area contributed by atoms with Crippen LogP contribution in [0.15, 0.2) is 24.3 Å². The van der Waals surface area contributed by atoms with Gasteiger partial charge in [-0.25, -0.2) is 8.42 Å². The van der Waals surface area contributed by atoms with Crippen LogP contribution in [0.5, 0.6) is 0 Å². The fourth-order valence-electron chi connectivity index (χ4n) is 2.57. The van der Waals surface area contributed by atoms with Gasteiger partial charge < -0.3 is 11.1 Å². The van der Waals surface area contributed by atoms with Gasteiger partial charge in [-0.05, 0) is 37.9 Å². The lowest BCUT2D eigenvalue weighted by molar-refractivity contribution is 0.0914. The van der Waals surface area contributed by atoms with E-state index in [1.165, 1.54) is 0 Å². The number of rotatable bonds is 4. The Hall–Kier alpha value is -1.40. The van der Waals surface area contributed by atoms with E-state index >= 15 is 0 Å². The van der Waals surface area contributed by atoms with Crippen molar-refractivity contribution in [2.24, 2.45) is 5.73 Å². The smallest absolute Gasteiger partial charge is 0.252 e. The molecule has 1 heterocycles. The summed E-state index contributed by atoms with van der Waals surface area (Å²) in [6.45, 7) is 2.25. The van der Waals surface area contributed by atoms with Gasteiger partial charge in [0, 0.05) is 5.56 Å². The maximum absolute atomic E-state index is 12.4. The second-order valence-corrected chi connectivity index (χ2v) is 7.74. The minimum absolute atomic E-state index is 0.00476. The van der Waals surface area contributed by atoms with E-state index in [1.807, 2.05) is 12.1 Å². The summed E-state index contributed by atoms with van der Waals surface area (Å²) in [4.78, 5) is 12.4. The first-order valence-electron chi connectivity index (χ1n) is 6.66. The van der Waals surface area contributed by atoms with Crippen molar-refractivity contribution < 1.29 is 13.2 Å². The topological polar surface area (TPSA) is 89.3 Å². The molecule has 3 N–H and O–H groups in total. The van der Waals surface area contributed by atoms with Gasteiger partial charge in [-0.1, -0.05) is 18.2 Å². The summed E-state index contributed by atoms with van der Waals surface area (Å²) in [5.74, 6) is -0.0902. The fourth-order valence-corrected chi connectivity index (χ4v) is 4.66. The Morgan fingerprint density at radius 3 is 2.70 bits per heavy atom. The molecule has 1 atom stereocenters. The predicted molar refractivity (Wildman–Crippen MR) is 78.3 cm³/mol. The van der Waals surface area contributed by atoms with Crippen LogP contribution in [0.1, 0.15) is 29.3 Å². The number of carbonyl (C=O) groups is 1. The third-order valence-electron chi connectivity index (χ3n) is 3.59. The molecule has 1 fully saturated rings. The highest BCUT2D eigenvalue weighted by Crippen LogP contribution is 2.23. The quantitative estimate of drug-likeness (QED) is 0.846. The van der Waals surface area contributed by atoms with Crippen LogP contribution >= 0.6 is 0 Å². The van der Waals surface area contributed by atoms with Gasteiger partial charge in [0.05, 0.1) is 17.0 Å². The highest BCUT2D eigenvalue weighted by Gasteiger charge is 2.39. The van der Waals surface area contributed by atoms with Crippen molar-refractivity contribution in [1.29, 1.82) is 0 Å². The van der Waals surface area contributed by atoms with Gasteiger partial charge in [0.1, 0.15) is 0 Å². The number of hydrogen-bond donors (Lipinski definition) is 2. The molecule has 2 rings (SSSR count). The normalized spacial score (nSPS) is 24.5. The van der Waals surface area contributed by atoms with Gasteiger partial charge in [-0.15, -0.1) is 0 Å². The van der Waals surface area contributed by atoms with Crippen molar-refractivity contribution >= 4 is 15.7 Å². The molecule has 110 valence electrons. The number of carbonyl (C=O) groups excluding carboxylic acids is 1. The third-order valence-corrected chi connectivity index (χ3v) is 5.50. The first-order valence-corrected chi connectivity index (χ1v) is 8.48. The van der Waals surface area contributed by atoms with Crippen LogP contribution in [0.4, 0.5) is 0 Å². The fraction of sp³-hybridized carbons (Fsp3) is 0.500. The summed E-state index contributed by atoms with van der Waals surface area (Å²) in [6.07, 6.45) is 1.08. The molecule has 1 amide bonds. The van der Waals surface area contributed by atoms with Crippen LogP contribution in [-0.4, -0.2) is 37.9 Å². The summed E-state index contributed by atoms with van der Waals surface area (Å²) in [5, 5.41) is 2.87. The summed E-state index contributed by atoms with van der Waals surface area (Å²) in [6, 6.07) is 7.27. The van der Waals surface area contributed by atoms with Crippen molar-refractivity contribution in [3.05, 3.63) is 35.4 Å². The minimum atomic E-state index is -3.04. The summed E-state index contributed by atoms with van der Waals surface area (Å²) in [5.41, 5.74) is 6.33. The van der Waals surface area contributed by atoms with E-state index in [2.05, 4.69) is 5.32 Å². The van der Waals surface area contributed by atoms with Gasteiger partial charge in [-0.3, -0.25) is 4.79 Å². The summed E-state index contributed by atoms with van der Waals surface area (Å²) < 4.78 is 23.1. The highest BCUT2D eigenvalue weighted by molar-refractivity contribution is 7.91. The first kappa shape index (κ1) is 15.0. The Morgan fingerprint density at radius 2 is 2.10 bits per heavy atom. The van der Waals surface area contributed by atoms with Crippen molar-refractivity contribution in [3.8, 4) is 0 Å². The van der Waals surface area contributed by atoms with Gasteiger partial charge in [0.15, 0.2) is 9.84 Å². The lowest BCUT2D eigenvalue weighted by Gasteiger charge is -2.24. The summed E-state index contributed by atoms with van der Waals surface area (Å²) in [7, 11) is -3.04. The van der Waals surface area contributed by atoms with Crippen LogP contribution in [0.25, 0.3) is 0 Å². The number of amides is 1. The molecule has 0 radical (unpaired) electrons. The molecule has 0 aromatic heterocycles. The molecule has 0 aliphatic carbocycles. The van der Waals surface area contributed by atoms with E-state index < -0.39 is 15.4 Å². The second-order valence-electron chi connectivity index (χ2n) is 5.55. The predicted octanol–water partition coefficient (Wildman–Crippen LogP) is 0.495. The molecule has 5 nitrogen and oxygen atoms in total. The van der Waals surface area contributed by atoms with Crippen molar-refractivity contribution in [2.75, 3.05) is 18.1 Å². The molecule has 1 aliphatic heterocycles. The number of nitrogens with one attached hydrogen (secondary N) is 1. The van der Waals surface area contributed by atoms with Crippen LogP contribution in [0.2, 0.25) is 0 Å². The monoisotopic (exact) mass is 296 g/mol. The molecule has 0 bridgehead atoms. The van der Waals surface area contributed by atoms with Gasteiger partial charge >= 0.3 is 0 Å². The molecule has 6 heteroatoms. The molecule has 0 saturated carbocycles. The average molecular weight is 296 g/mol. The number of hydrogen-bond acceptors (Lipinski definition) is 4. The van der Waals surface area contributed by atoms with E-state index in [-0.39, 0.29) is 17.4 Å². The minimum Gasteiger partial charge on any atom is -0.346 e. The molecular formula is C14H20N2O3S. The van der Waals surface area contributed by atoms with E-state index in [0.29, 0.717) is 24.9 Å². The van der Waals surface area contributed by atoms with Crippen LogP contribution in [0.3, 0.4) is 0 Å². The SMILES string of the molecule is CC1(NC(=O)c2ccccc2CCN)CCS(=O)(=O)C1. The molecule has 1 saturated heterocycles. The van der Waals surface area contributed by atoms with Crippen LogP contribution in [0, 0.1) is 0 Å². The van der Waals surface area contributed by atoms with Crippen molar-refractivity contribution in [1.82, 2.24) is 5.32 Å². The maximum Gasteiger partial charge on any atom is 0.252 e. The van der Waals surface area contributed by atoms with Gasteiger partial charge in [0.2, 0.25) is 0 Å². The van der Waals surface area contributed by atoms with Crippen LogP contribution in [-0.2, 0) is 16.3 Å². The largest absolute Gasteiger partial charge is 0.346 e. The third kappa shape index (κ3) is 3.37. The summed E-state index contributed by atoms with van der Waals surface area (Å²) >= 11 is 0. The van der Waals surface area contributed by atoms with Crippen molar-refractivity contribution in [3.63, 3.8) is 0 Å². The Labute approximate surface area is 119 Å². The Morgan fingerprint density at radius 1 is 1.40 bits per heavy atom. The number of nitrogens with two attached hydrogens (primary N) is 1. The Kier molecular flexibility index (Phi) is 4.15. The first-order chi connectivity index (χ1) is 9.35. The molecule has 1 aromatic carbocycles. The maximum atomic E-state index is 12.4. The molecule has 1 aliphatic rings. The van der Waals surface area contributed by atoms with E-state index in [9.17, 15) is 13.2 Å². The lowest BCUT2D eigenvalue weighted by atomic mass is 9.99. The molecule has 1 aromatic rings. The Balaban J connectivity index is 2.17. The van der Waals surface area contributed by atoms with Gasteiger partial charge in [0.25, 0.3) is 5.91 Å². The molecular weight excluding hydrogens is 276 g/mol. The average Bonchev–Trinajstić information content (AvgIpc) is 2.64. The zero-order valence-corrected chi connectivity index (χ0v) is 12.4. The molecule has 0 spiro atoms. The lowest BCUT2D eigenvalue weighted by Crippen LogP contribution is -2.47. The number of sulfone groups is 1. The van der Waals surface area contributed by atoms with Gasteiger partial charge in [-0.2, -0.15) is 0 Å². The standard InChI is InChI=1S/C14H20N2O3S/c1-14(7-9-20(18,19)10-14)16-13(17)12-5-3-2-4-11(12)6-8-15/h2-5H,6-10,15H2,1H3,(H,16,17). The zero-order valence-electron chi connectivity index (χ0n) is 11.6. The Bertz CT molecular complexity index is 613.